The number of nitrogens with zero attached hydrogens (tertiary/aromatic N) is 3. The van der Waals surface area contributed by atoms with Crippen molar-refractivity contribution >= 4 is 22.5 Å². The maximum absolute atomic E-state index is 13.7. The number of hydrogen-bond donors (Lipinski definition) is 1. The summed E-state index contributed by atoms with van der Waals surface area (Å²) in [6.45, 7) is 2.01. The SMILES string of the molecule is CC(C(=O)Nc1cnn(-c2ccccc2)c1)[C@H]1[C@@H]2C[C@H](Oc3ccnc4ccc(F)cc34)C[C@@H]21. The molecule has 0 bridgehead atoms. The molecule has 0 saturated heterocycles. The van der Waals surface area contributed by atoms with Crippen LogP contribution in [0.2, 0.25) is 0 Å². The number of nitrogens with one attached hydrogen (secondary N) is 1. The molecule has 2 heterocycles. The van der Waals surface area contributed by atoms with Crippen LogP contribution in [0.25, 0.3) is 16.6 Å². The van der Waals surface area contributed by atoms with Gasteiger partial charge < -0.3 is 10.1 Å². The topological polar surface area (TPSA) is 69.0 Å². The molecule has 1 N–H and O–H groups in total. The van der Waals surface area contributed by atoms with Crippen molar-refractivity contribution in [1.29, 1.82) is 0 Å². The minimum absolute atomic E-state index is 0.0279. The molecule has 2 aromatic carbocycles. The Kier molecular flexibility index (Phi) is 5.05. The lowest BCUT2D eigenvalue weighted by Crippen LogP contribution is -2.25. The third-order valence-corrected chi connectivity index (χ3v) is 7.29. The molecule has 4 aromatic rings. The van der Waals surface area contributed by atoms with Crippen LogP contribution in [0.3, 0.4) is 0 Å². The third kappa shape index (κ3) is 3.81. The number of hydrogen-bond acceptors (Lipinski definition) is 4. The third-order valence-electron chi connectivity index (χ3n) is 7.29. The highest BCUT2D eigenvalue weighted by molar-refractivity contribution is 5.92. The maximum atomic E-state index is 13.7. The number of ether oxygens (including phenoxy) is 1. The first kappa shape index (κ1) is 20.8. The number of para-hydroxylation sites is 1. The molecule has 34 heavy (non-hydrogen) atoms. The first-order valence-corrected chi connectivity index (χ1v) is 11.7. The minimum atomic E-state index is -0.297. The predicted octanol–water partition coefficient (Wildman–Crippen LogP) is 5.24. The van der Waals surface area contributed by atoms with Gasteiger partial charge in [-0.2, -0.15) is 5.10 Å². The first-order valence-electron chi connectivity index (χ1n) is 11.7. The van der Waals surface area contributed by atoms with E-state index in [4.69, 9.17) is 4.74 Å². The van der Waals surface area contributed by atoms with Gasteiger partial charge in [0.05, 0.1) is 35.4 Å². The zero-order valence-electron chi connectivity index (χ0n) is 18.8. The summed E-state index contributed by atoms with van der Waals surface area (Å²) >= 11 is 0. The van der Waals surface area contributed by atoms with E-state index in [0.29, 0.717) is 34.6 Å². The lowest BCUT2D eigenvalue weighted by Gasteiger charge is -2.20. The molecule has 5 atom stereocenters. The van der Waals surface area contributed by atoms with Crippen LogP contribution in [0.15, 0.2) is 73.2 Å². The smallest absolute Gasteiger partial charge is 0.227 e. The normalized spacial score (nSPS) is 23.9. The molecule has 6 rings (SSSR count). The standard InChI is InChI=1S/C27H25FN4O2/c1-16(27(33)31-18-14-30-32(15-18)19-5-3-2-4-6-19)26-21-12-20(13-22(21)26)34-25-9-10-29-24-8-7-17(28)11-23(24)25/h2-11,14-16,20-22,26H,12-13H2,1H3,(H,31,33)/t16?,20-,21+,22-,26-. The van der Waals surface area contributed by atoms with Crippen molar-refractivity contribution in [2.45, 2.75) is 25.9 Å². The molecular formula is C27H25FN4O2. The summed E-state index contributed by atoms with van der Waals surface area (Å²) in [6.07, 6.45) is 7.12. The van der Waals surface area contributed by atoms with E-state index < -0.39 is 0 Å². The summed E-state index contributed by atoms with van der Waals surface area (Å²) < 4.78 is 21.7. The number of pyridine rings is 1. The second kappa shape index (κ2) is 8.24. The Morgan fingerprint density at radius 3 is 2.74 bits per heavy atom. The molecule has 2 aliphatic rings. The van der Waals surface area contributed by atoms with Crippen molar-refractivity contribution in [1.82, 2.24) is 14.8 Å². The van der Waals surface area contributed by atoms with Crippen molar-refractivity contribution < 1.29 is 13.9 Å². The summed E-state index contributed by atoms with van der Waals surface area (Å²) in [6, 6.07) is 16.2. The van der Waals surface area contributed by atoms with E-state index in [9.17, 15) is 9.18 Å². The molecule has 7 heteroatoms. The van der Waals surface area contributed by atoms with Crippen molar-refractivity contribution in [3.05, 3.63) is 79.0 Å². The Balaban J connectivity index is 1.06. The molecule has 1 unspecified atom stereocenters. The van der Waals surface area contributed by atoms with E-state index in [2.05, 4.69) is 15.4 Å². The van der Waals surface area contributed by atoms with Gasteiger partial charge >= 0.3 is 0 Å². The van der Waals surface area contributed by atoms with Gasteiger partial charge in [0.2, 0.25) is 5.91 Å². The van der Waals surface area contributed by atoms with Crippen molar-refractivity contribution in [3.63, 3.8) is 0 Å². The highest BCUT2D eigenvalue weighted by Gasteiger charge is 2.59. The summed E-state index contributed by atoms with van der Waals surface area (Å²) in [7, 11) is 0. The highest BCUT2D eigenvalue weighted by Crippen LogP contribution is 2.61. The number of carbonyl (C=O) groups is 1. The van der Waals surface area contributed by atoms with Crippen LogP contribution < -0.4 is 10.1 Å². The van der Waals surface area contributed by atoms with Gasteiger partial charge in [-0.25, -0.2) is 9.07 Å². The predicted molar refractivity (Wildman–Crippen MR) is 127 cm³/mol. The summed E-state index contributed by atoms with van der Waals surface area (Å²) in [5.41, 5.74) is 2.37. The zero-order valence-corrected chi connectivity index (χ0v) is 18.8. The van der Waals surface area contributed by atoms with Gasteiger partial charge in [-0.05, 0) is 67.0 Å². The van der Waals surface area contributed by atoms with E-state index in [1.165, 1.54) is 12.1 Å². The van der Waals surface area contributed by atoms with Crippen LogP contribution in [-0.2, 0) is 4.79 Å². The van der Waals surface area contributed by atoms with Crippen LogP contribution in [0, 0.1) is 29.5 Å². The molecule has 0 radical (unpaired) electrons. The number of rotatable bonds is 6. The zero-order chi connectivity index (χ0) is 23.2. The Bertz CT molecular complexity index is 1340. The number of benzene rings is 2. The Morgan fingerprint density at radius 2 is 1.94 bits per heavy atom. The van der Waals surface area contributed by atoms with E-state index in [1.807, 2.05) is 43.5 Å². The molecule has 2 aliphatic carbocycles. The van der Waals surface area contributed by atoms with Gasteiger partial charge in [0, 0.05) is 17.5 Å². The van der Waals surface area contributed by atoms with Crippen LogP contribution in [0.5, 0.6) is 5.75 Å². The van der Waals surface area contributed by atoms with Gasteiger partial charge in [-0.1, -0.05) is 25.1 Å². The second-order valence-electron chi connectivity index (χ2n) is 9.37. The van der Waals surface area contributed by atoms with Gasteiger partial charge in [-0.15, -0.1) is 0 Å². The van der Waals surface area contributed by atoms with Crippen molar-refractivity contribution in [3.8, 4) is 11.4 Å². The average molecular weight is 457 g/mol. The Morgan fingerprint density at radius 1 is 1.15 bits per heavy atom. The maximum Gasteiger partial charge on any atom is 0.227 e. The number of anilines is 1. The number of amides is 1. The van der Waals surface area contributed by atoms with Gasteiger partial charge in [0.1, 0.15) is 11.6 Å². The largest absolute Gasteiger partial charge is 0.490 e. The number of fused-ring (bicyclic) bond motifs is 2. The fourth-order valence-corrected chi connectivity index (χ4v) is 5.60. The van der Waals surface area contributed by atoms with Crippen LogP contribution in [0.1, 0.15) is 19.8 Å². The van der Waals surface area contributed by atoms with Crippen LogP contribution >= 0.6 is 0 Å². The number of halogens is 1. The summed E-state index contributed by atoms with van der Waals surface area (Å²) in [4.78, 5) is 17.2. The molecule has 6 nitrogen and oxygen atoms in total. The molecule has 2 fully saturated rings. The van der Waals surface area contributed by atoms with Crippen LogP contribution in [-0.4, -0.2) is 26.8 Å². The lowest BCUT2D eigenvalue weighted by atomic mass is 9.97. The lowest BCUT2D eigenvalue weighted by molar-refractivity contribution is -0.120. The van der Waals surface area contributed by atoms with E-state index in [-0.39, 0.29) is 23.7 Å². The van der Waals surface area contributed by atoms with Crippen LogP contribution in [0.4, 0.5) is 10.1 Å². The van der Waals surface area contributed by atoms with E-state index in [0.717, 1.165) is 24.0 Å². The molecule has 0 spiro atoms. The van der Waals surface area contributed by atoms with Gasteiger partial charge in [0.15, 0.2) is 0 Å². The number of carbonyl (C=O) groups excluding carboxylic acids is 1. The number of aromatic nitrogens is 3. The van der Waals surface area contributed by atoms with E-state index >= 15 is 0 Å². The monoisotopic (exact) mass is 456 g/mol. The average Bonchev–Trinajstić information content (AvgIpc) is 3.15. The highest BCUT2D eigenvalue weighted by atomic mass is 19.1. The molecule has 1 amide bonds. The van der Waals surface area contributed by atoms with Gasteiger partial charge in [0.25, 0.3) is 0 Å². The molecule has 2 aromatic heterocycles. The van der Waals surface area contributed by atoms with E-state index in [1.54, 1.807) is 29.2 Å². The van der Waals surface area contributed by atoms with Gasteiger partial charge in [-0.3, -0.25) is 9.78 Å². The first-order chi connectivity index (χ1) is 16.6. The second-order valence-corrected chi connectivity index (χ2v) is 9.37. The molecular weight excluding hydrogens is 431 g/mol. The summed E-state index contributed by atoms with van der Waals surface area (Å²) in [5.74, 6) is 1.68. The molecule has 172 valence electrons. The Hall–Kier alpha value is -3.74. The quantitative estimate of drug-likeness (QED) is 0.431. The fourth-order valence-electron chi connectivity index (χ4n) is 5.60. The Labute approximate surface area is 196 Å². The van der Waals surface area contributed by atoms with Crippen molar-refractivity contribution in [2.75, 3.05) is 5.32 Å². The molecule has 0 aliphatic heterocycles. The molecule has 2 saturated carbocycles. The fraction of sp³-hybridized carbons (Fsp3) is 0.296. The van der Waals surface area contributed by atoms with Crippen molar-refractivity contribution in [2.24, 2.45) is 23.7 Å². The minimum Gasteiger partial charge on any atom is -0.490 e. The summed E-state index contributed by atoms with van der Waals surface area (Å²) in [5, 5.41) is 8.07.